The van der Waals surface area contributed by atoms with Crippen molar-refractivity contribution >= 4 is 21.7 Å². The minimum absolute atomic E-state index is 0.0370. The molecule has 1 aliphatic rings. The molecule has 1 aromatic rings. The number of sulfone groups is 1. The number of amides is 2. The molecule has 1 atom stereocenters. The summed E-state index contributed by atoms with van der Waals surface area (Å²) in [6.07, 6.45) is 1.34. The molecule has 9 nitrogen and oxygen atoms in total. The molecule has 1 saturated heterocycles. The van der Waals surface area contributed by atoms with Gasteiger partial charge in [0.2, 0.25) is 0 Å². The maximum absolute atomic E-state index is 12.7. The monoisotopic (exact) mass is 433 g/mol. The molecule has 160 valence electrons. The Morgan fingerprint density at radius 3 is 2.37 bits per heavy atom. The summed E-state index contributed by atoms with van der Waals surface area (Å²) in [5.74, 6) is 8.98. The van der Waals surface area contributed by atoms with Crippen molar-refractivity contribution in [2.45, 2.75) is 17.2 Å². The highest BCUT2D eigenvalue weighted by molar-refractivity contribution is 7.92. The van der Waals surface area contributed by atoms with Gasteiger partial charge in [-0.1, -0.05) is 11.8 Å². The van der Waals surface area contributed by atoms with Crippen LogP contribution in [0.15, 0.2) is 24.3 Å². The average Bonchev–Trinajstić information content (AvgIpc) is 2.68. The fourth-order valence-electron chi connectivity index (χ4n) is 3.18. The van der Waals surface area contributed by atoms with Crippen molar-refractivity contribution in [3.05, 3.63) is 35.4 Å². The van der Waals surface area contributed by atoms with Gasteiger partial charge in [0.25, 0.3) is 11.8 Å². The lowest BCUT2D eigenvalue weighted by Gasteiger charge is -2.50. The van der Waals surface area contributed by atoms with Crippen molar-refractivity contribution in [1.82, 2.24) is 15.7 Å². The highest BCUT2D eigenvalue weighted by atomic mass is 32.2. The molecule has 1 heterocycles. The Balaban J connectivity index is 2.21. The molecule has 30 heavy (non-hydrogen) atoms. The van der Waals surface area contributed by atoms with E-state index in [1.807, 2.05) is 0 Å². The summed E-state index contributed by atoms with van der Waals surface area (Å²) >= 11 is 0. The van der Waals surface area contributed by atoms with Gasteiger partial charge >= 0.3 is 0 Å². The molecule has 0 radical (unpaired) electrons. The van der Waals surface area contributed by atoms with Crippen molar-refractivity contribution in [3.63, 3.8) is 0 Å². The van der Waals surface area contributed by atoms with E-state index >= 15 is 0 Å². The van der Waals surface area contributed by atoms with E-state index in [1.54, 1.807) is 24.1 Å². The van der Waals surface area contributed by atoms with Gasteiger partial charge in [0.05, 0.1) is 6.61 Å². The van der Waals surface area contributed by atoms with Gasteiger partial charge in [0.15, 0.2) is 9.84 Å². The van der Waals surface area contributed by atoms with Gasteiger partial charge in [-0.3, -0.25) is 14.8 Å². The molecule has 1 aromatic carbocycles. The first kappa shape index (κ1) is 23.4. The van der Waals surface area contributed by atoms with Crippen molar-refractivity contribution in [2.75, 3.05) is 33.0 Å². The van der Waals surface area contributed by atoms with Crippen LogP contribution in [0.4, 0.5) is 0 Å². The maximum Gasteiger partial charge on any atom is 0.267 e. The summed E-state index contributed by atoms with van der Waals surface area (Å²) in [7, 11) is -2.05. The van der Waals surface area contributed by atoms with Crippen molar-refractivity contribution in [3.8, 4) is 23.7 Å². The minimum atomic E-state index is -3.74. The van der Waals surface area contributed by atoms with Crippen LogP contribution in [0.2, 0.25) is 0 Å². The zero-order valence-corrected chi connectivity index (χ0v) is 17.4. The number of hydroxylamine groups is 1. The number of aliphatic hydroxyl groups is 1. The van der Waals surface area contributed by atoms with E-state index < -0.39 is 32.4 Å². The third kappa shape index (κ3) is 5.17. The van der Waals surface area contributed by atoms with Crippen LogP contribution in [0.5, 0.6) is 0 Å². The van der Waals surface area contributed by atoms with Gasteiger partial charge in [0, 0.05) is 36.9 Å². The molecule has 0 bridgehead atoms. The van der Waals surface area contributed by atoms with E-state index in [1.165, 1.54) is 17.6 Å². The zero-order chi connectivity index (χ0) is 22.4. The van der Waals surface area contributed by atoms with Gasteiger partial charge in [-0.05, 0) is 43.2 Å². The van der Waals surface area contributed by atoms with Crippen molar-refractivity contribution in [1.29, 1.82) is 0 Å². The quantitative estimate of drug-likeness (QED) is 0.250. The molecular weight excluding hydrogens is 410 g/mol. The number of carbonyl (C=O) groups is 2. The van der Waals surface area contributed by atoms with Gasteiger partial charge in [0.1, 0.15) is 10.8 Å². The summed E-state index contributed by atoms with van der Waals surface area (Å²) in [5, 5.41) is 20.2. The third-order valence-electron chi connectivity index (χ3n) is 4.73. The first-order valence-electron chi connectivity index (χ1n) is 8.97. The van der Waals surface area contributed by atoms with Crippen molar-refractivity contribution in [2.24, 2.45) is 0 Å². The SMILES string of the molecule is CN1CC(C(NC(=O)c2ccc(C#CC#CCCO)cc2)C(=O)NO)(S(C)(=O)=O)C1. The van der Waals surface area contributed by atoms with Crippen LogP contribution < -0.4 is 10.8 Å². The molecular formula is C20H23N3O6S. The van der Waals surface area contributed by atoms with Crippen LogP contribution in [0, 0.1) is 23.7 Å². The fraction of sp³-hybridized carbons (Fsp3) is 0.400. The Kier molecular flexibility index (Phi) is 7.59. The number of aliphatic hydroxyl groups excluding tert-OH is 1. The summed E-state index contributed by atoms with van der Waals surface area (Å²) in [5.41, 5.74) is 2.24. The number of hydrogen-bond acceptors (Lipinski definition) is 7. The van der Waals surface area contributed by atoms with Crippen LogP contribution in [-0.2, 0) is 14.6 Å². The van der Waals surface area contributed by atoms with Crippen molar-refractivity contribution < 1.29 is 28.3 Å². The number of rotatable bonds is 6. The van der Waals surface area contributed by atoms with Crippen LogP contribution in [0.3, 0.4) is 0 Å². The highest BCUT2D eigenvalue weighted by Crippen LogP contribution is 2.32. The fourth-order valence-corrected chi connectivity index (χ4v) is 4.69. The number of nitrogens with zero attached hydrogens (tertiary/aromatic N) is 1. The first-order chi connectivity index (χ1) is 14.1. The van der Waals surface area contributed by atoms with Crippen LogP contribution in [-0.4, -0.2) is 79.2 Å². The maximum atomic E-state index is 12.7. The topological polar surface area (TPSA) is 136 Å². The second-order valence-electron chi connectivity index (χ2n) is 6.99. The second-order valence-corrected chi connectivity index (χ2v) is 9.35. The average molecular weight is 433 g/mol. The summed E-state index contributed by atoms with van der Waals surface area (Å²) in [6, 6.07) is 4.66. The molecule has 1 aliphatic heterocycles. The molecule has 0 aromatic heterocycles. The molecule has 0 saturated carbocycles. The normalized spacial score (nSPS) is 16.0. The third-order valence-corrected chi connectivity index (χ3v) is 6.70. The van der Waals surface area contributed by atoms with Gasteiger partial charge < -0.3 is 15.3 Å². The number of hydrogen-bond donors (Lipinski definition) is 4. The molecule has 10 heteroatoms. The number of nitrogens with one attached hydrogen (secondary N) is 2. The Labute approximate surface area is 175 Å². The molecule has 1 fully saturated rings. The van der Waals surface area contributed by atoms with Crippen LogP contribution >= 0.6 is 0 Å². The largest absolute Gasteiger partial charge is 0.395 e. The lowest BCUT2D eigenvalue weighted by atomic mass is 9.89. The van der Waals surface area contributed by atoms with Gasteiger partial charge in [-0.25, -0.2) is 13.9 Å². The highest BCUT2D eigenvalue weighted by Gasteiger charge is 2.58. The second kappa shape index (κ2) is 9.74. The predicted molar refractivity (Wildman–Crippen MR) is 109 cm³/mol. The molecule has 4 N–H and O–H groups in total. The first-order valence-corrected chi connectivity index (χ1v) is 10.9. The molecule has 2 rings (SSSR count). The van der Waals surface area contributed by atoms with E-state index in [0.717, 1.165) is 6.26 Å². The van der Waals surface area contributed by atoms with E-state index in [4.69, 9.17) is 10.3 Å². The molecule has 2 amide bonds. The van der Waals surface area contributed by atoms with Gasteiger partial charge in [-0.15, -0.1) is 0 Å². The summed E-state index contributed by atoms with van der Waals surface area (Å²) < 4.78 is 23.2. The van der Waals surface area contributed by atoms with Gasteiger partial charge in [-0.2, -0.15) is 0 Å². The standard InChI is InChI=1S/C20H23N3O6S/c1-23-13-20(14-23,30(2,28)29)17(19(26)22-27)21-18(25)16-10-8-15(9-11-16)7-5-3-4-6-12-24/h8-11,17,24,27H,6,12-14H2,1-2H3,(H,21,25)(H,22,26). The molecule has 0 spiro atoms. The van der Waals surface area contributed by atoms with Crippen LogP contribution in [0.25, 0.3) is 0 Å². The number of benzene rings is 1. The lowest BCUT2D eigenvalue weighted by molar-refractivity contribution is -0.133. The summed E-state index contributed by atoms with van der Waals surface area (Å²) in [4.78, 5) is 26.6. The van der Waals surface area contributed by atoms with E-state index in [-0.39, 0.29) is 25.3 Å². The Hall–Kier alpha value is -2.89. The van der Waals surface area contributed by atoms with E-state index in [0.29, 0.717) is 12.0 Å². The Morgan fingerprint density at radius 2 is 1.87 bits per heavy atom. The Bertz CT molecular complexity index is 1020. The summed E-state index contributed by atoms with van der Waals surface area (Å²) in [6.45, 7) is 0.0385. The minimum Gasteiger partial charge on any atom is -0.395 e. The predicted octanol–water partition coefficient (Wildman–Crippen LogP) is -1.24. The smallest absolute Gasteiger partial charge is 0.267 e. The zero-order valence-electron chi connectivity index (χ0n) is 16.6. The molecule has 1 unspecified atom stereocenters. The lowest BCUT2D eigenvalue weighted by Crippen LogP contribution is -2.76. The Morgan fingerprint density at radius 1 is 1.23 bits per heavy atom. The van der Waals surface area contributed by atoms with E-state index in [2.05, 4.69) is 29.0 Å². The van der Waals surface area contributed by atoms with Crippen LogP contribution in [0.1, 0.15) is 22.3 Å². The number of carbonyl (C=O) groups excluding carboxylic acids is 2. The van der Waals surface area contributed by atoms with E-state index in [9.17, 15) is 18.0 Å². The number of likely N-dealkylation sites (tertiary alicyclic amines) is 1. The molecule has 0 aliphatic carbocycles.